The van der Waals surface area contributed by atoms with Crippen LogP contribution in [0.5, 0.6) is 0 Å². The zero-order valence-electron chi connectivity index (χ0n) is 20.0. The van der Waals surface area contributed by atoms with E-state index in [2.05, 4.69) is 15.1 Å². The third kappa shape index (κ3) is 4.96. The predicted molar refractivity (Wildman–Crippen MR) is 137 cm³/mol. The van der Waals surface area contributed by atoms with E-state index >= 15 is 0 Å². The Morgan fingerprint density at radius 2 is 1.51 bits per heavy atom. The lowest BCUT2D eigenvalue weighted by Gasteiger charge is -2.10. The molecule has 0 unspecified atom stereocenters. The largest absolute Gasteiger partial charge is 0.318 e. The molecule has 4 rings (SSSR count). The van der Waals surface area contributed by atoms with E-state index in [9.17, 15) is 13.2 Å². The van der Waals surface area contributed by atoms with Crippen molar-refractivity contribution in [2.24, 2.45) is 10.2 Å². The van der Waals surface area contributed by atoms with Gasteiger partial charge >= 0.3 is 0 Å². The van der Waals surface area contributed by atoms with Crippen LogP contribution >= 0.6 is 0 Å². The number of sulfonamides is 1. The standard InChI is InChI=1S/C26H27N5O3S/c1-17-8-9-18(2)30(17)24-7-5-6-21(15-24)26(32)29-28-16-22-14-19(3)31(20(22)4)23-10-12-25(13-11-23)35(27,33)34/h5-16H,1-4H3,(H,29,32)(H2,27,33,34)/b28-16-. The van der Waals surface area contributed by atoms with E-state index < -0.39 is 10.0 Å². The molecule has 0 atom stereocenters. The Balaban J connectivity index is 1.52. The molecule has 2 aromatic carbocycles. The lowest BCUT2D eigenvalue weighted by atomic mass is 10.2. The van der Waals surface area contributed by atoms with Crippen molar-refractivity contribution in [3.05, 3.63) is 101 Å². The molecule has 0 radical (unpaired) electrons. The summed E-state index contributed by atoms with van der Waals surface area (Å²) >= 11 is 0. The van der Waals surface area contributed by atoms with Gasteiger partial charge in [-0.15, -0.1) is 0 Å². The zero-order valence-corrected chi connectivity index (χ0v) is 20.8. The van der Waals surface area contributed by atoms with E-state index in [4.69, 9.17) is 5.14 Å². The lowest BCUT2D eigenvalue weighted by Crippen LogP contribution is -2.18. The molecule has 0 aliphatic carbocycles. The summed E-state index contributed by atoms with van der Waals surface area (Å²) in [5, 5.41) is 9.35. The van der Waals surface area contributed by atoms with Crippen LogP contribution in [0.1, 0.15) is 38.7 Å². The second-order valence-electron chi connectivity index (χ2n) is 8.40. The monoisotopic (exact) mass is 489 g/mol. The molecule has 2 heterocycles. The maximum atomic E-state index is 12.7. The van der Waals surface area contributed by atoms with E-state index in [1.54, 1.807) is 24.4 Å². The fourth-order valence-corrected chi connectivity index (χ4v) is 4.70. The molecule has 0 fully saturated rings. The number of aryl methyl sites for hydroxylation is 3. The number of hydrogen-bond donors (Lipinski definition) is 2. The number of nitrogens with zero attached hydrogens (tertiary/aromatic N) is 3. The van der Waals surface area contributed by atoms with Gasteiger partial charge < -0.3 is 9.13 Å². The number of carbonyl (C=O) groups is 1. The number of carbonyl (C=O) groups excluding carboxylic acids is 1. The molecular weight excluding hydrogens is 462 g/mol. The number of primary sulfonamides is 1. The Morgan fingerprint density at radius 1 is 0.857 bits per heavy atom. The second kappa shape index (κ2) is 9.36. The molecule has 9 heteroatoms. The smallest absolute Gasteiger partial charge is 0.271 e. The zero-order chi connectivity index (χ0) is 25.3. The molecule has 4 aromatic rings. The number of hydrazone groups is 1. The molecule has 35 heavy (non-hydrogen) atoms. The molecule has 0 bridgehead atoms. The summed E-state index contributed by atoms with van der Waals surface area (Å²) in [5.41, 5.74) is 9.65. The highest BCUT2D eigenvalue weighted by molar-refractivity contribution is 7.89. The van der Waals surface area contributed by atoms with Crippen molar-refractivity contribution in [3.8, 4) is 11.4 Å². The van der Waals surface area contributed by atoms with Crippen molar-refractivity contribution in [1.29, 1.82) is 0 Å². The van der Waals surface area contributed by atoms with Crippen molar-refractivity contribution in [2.75, 3.05) is 0 Å². The molecule has 8 nitrogen and oxygen atoms in total. The van der Waals surface area contributed by atoms with Gasteiger partial charge in [0, 0.05) is 45.3 Å². The number of rotatable bonds is 6. The molecule has 2 aromatic heterocycles. The maximum Gasteiger partial charge on any atom is 0.271 e. The maximum absolute atomic E-state index is 12.7. The normalized spacial score (nSPS) is 11.8. The van der Waals surface area contributed by atoms with E-state index in [0.717, 1.165) is 39.7 Å². The summed E-state index contributed by atoms with van der Waals surface area (Å²) in [5.74, 6) is -0.307. The van der Waals surface area contributed by atoms with Crippen LogP contribution in [0, 0.1) is 27.7 Å². The van der Waals surface area contributed by atoms with Crippen LogP contribution in [0.2, 0.25) is 0 Å². The van der Waals surface area contributed by atoms with Crippen LogP contribution in [0.3, 0.4) is 0 Å². The molecule has 0 saturated heterocycles. The van der Waals surface area contributed by atoms with E-state index in [1.807, 2.05) is 68.7 Å². The fourth-order valence-electron chi connectivity index (χ4n) is 4.19. The SMILES string of the molecule is Cc1ccc(C)n1-c1cccc(C(=O)N/N=C\c2cc(C)n(-c3ccc(S(N)(=O)=O)cc3)c2C)c1. The van der Waals surface area contributed by atoms with Gasteiger partial charge in [-0.25, -0.2) is 19.0 Å². The van der Waals surface area contributed by atoms with Crippen LogP contribution in [-0.2, 0) is 10.0 Å². The van der Waals surface area contributed by atoms with Gasteiger partial charge in [0.05, 0.1) is 11.1 Å². The molecule has 0 spiro atoms. The average Bonchev–Trinajstić information content (AvgIpc) is 3.30. The topological polar surface area (TPSA) is 111 Å². The Morgan fingerprint density at radius 3 is 2.14 bits per heavy atom. The highest BCUT2D eigenvalue weighted by atomic mass is 32.2. The summed E-state index contributed by atoms with van der Waals surface area (Å²) in [6.45, 7) is 7.91. The van der Waals surface area contributed by atoms with Crippen LogP contribution < -0.4 is 10.6 Å². The third-order valence-electron chi connectivity index (χ3n) is 5.90. The van der Waals surface area contributed by atoms with Gasteiger partial charge in [-0.3, -0.25) is 4.79 Å². The van der Waals surface area contributed by atoms with Crippen LogP contribution in [-0.4, -0.2) is 29.7 Å². The van der Waals surface area contributed by atoms with Crippen LogP contribution in [0.25, 0.3) is 11.4 Å². The van der Waals surface area contributed by atoms with Gasteiger partial charge in [-0.2, -0.15) is 5.10 Å². The molecule has 0 saturated carbocycles. The van der Waals surface area contributed by atoms with Gasteiger partial charge in [-0.1, -0.05) is 6.07 Å². The Labute approximate surface area is 204 Å². The lowest BCUT2D eigenvalue weighted by molar-refractivity contribution is 0.0955. The number of nitrogens with two attached hydrogens (primary N) is 1. The summed E-state index contributed by atoms with van der Waals surface area (Å²) in [7, 11) is -3.75. The molecule has 3 N–H and O–H groups in total. The fraction of sp³-hybridized carbons (Fsp3) is 0.154. The minimum absolute atomic E-state index is 0.0550. The number of hydrogen-bond acceptors (Lipinski definition) is 4. The van der Waals surface area contributed by atoms with Crippen molar-refractivity contribution < 1.29 is 13.2 Å². The molecule has 0 aliphatic rings. The summed E-state index contributed by atoms with van der Waals surface area (Å²) in [4.78, 5) is 12.8. The Kier molecular flexibility index (Phi) is 6.47. The van der Waals surface area contributed by atoms with Crippen molar-refractivity contribution in [3.63, 3.8) is 0 Å². The Bertz CT molecular complexity index is 1520. The van der Waals surface area contributed by atoms with Gasteiger partial charge in [-0.05, 0) is 88.4 Å². The molecular formula is C26H27N5O3S. The van der Waals surface area contributed by atoms with Gasteiger partial charge in [0.25, 0.3) is 5.91 Å². The first-order valence-electron chi connectivity index (χ1n) is 11.0. The number of benzene rings is 2. The summed E-state index contributed by atoms with van der Waals surface area (Å²) in [6.07, 6.45) is 1.60. The van der Waals surface area contributed by atoms with Gasteiger partial charge in [0.2, 0.25) is 10.0 Å². The van der Waals surface area contributed by atoms with Crippen molar-refractivity contribution in [2.45, 2.75) is 32.6 Å². The molecule has 180 valence electrons. The highest BCUT2D eigenvalue weighted by Gasteiger charge is 2.13. The predicted octanol–water partition coefficient (Wildman–Crippen LogP) is 3.91. The number of amides is 1. The van der Waals surface area contributed by atoms with Crippen molar-refractivity contribution >= 4 is 22.1 Å². The first kappa shape index (κ1) is 24.2. The van der Waals surface area contributed by atoms with E-state index in [1.165, 1.54) is 12.1 Å². The van der Waals surface area contributed by atoms with E-state index in [0.29, 0.717) is 5.56 Å². The van der Waals surface area contributed by atoms with Crippen molar-refractivity contribution in [1.82, 2.24) is 14.6 Å². The number of nitrogens with one attached hydrogen (secondary N) is 1. The van der Waals surface area contributed by atoms with E-state index in [-0.39, 0.29) is 10.8 Å². The molecule has 0 aliphatic heterocycles. The first-order chi connectivity index (χ1) is 16.6. The van der Waals surface area contributed by atoms with Crippen LogP contribution in [0.4, 0.5) is 0 Å². The van der Waals surface area contributed by atoms with Crippen LogP contribution in [0.15, 0.2) is 76.7 Å². The highest BCUT2D eigenvalue weighted by Crippen LogP contribution is 2.21. The van der Waals surface area contributed by atoms with Gasteiger partial charge in [0.15, 0.2) is 0 Å². The minimum atomic E-state index is -3.75. The quantitative estimate of drug-likeness (QED) is 0.316. The minimum Gasteiger partial charge on any atom is -0.318 e. The Hall–Kier alpha value is -3.95. The third-order valence-corrected chi connectivity index (χ3v) is 6.83. The average molecular weight is 490 g/mol. The summed E-state index contributed by atoms with van der Waals surface area (Å²) in [6, 6.07) is 19.8. The molecule has 1 amide bonds. The summed E-state index contributed by atoms with van der Waals surface area (Å²) < 4.78 is 27.1. The first-order valence-corrected chi connectivity index (χ1v) is 12.5. The van der Waals surface area contributed by atoms with Gasteiger partial charge in [0.1, 0.15) is 0 Å². The second-order valence-corrected chi connectivity index (χ2v) is 9.96. The number of aromatic nitrogens is 2.